The SMILES string of the molecule is C#CCC(N)C(=O)Nc1ccccc1CC(=O)O. The molecule has 5 nitrogen and oxygen atoms in total. The molecule has 0 radical (unpaired) electrons. The highest BCUT2D eigenvalue weighted by atomic mass is 16.4. The maximum absolute atomic E-state index is 11.7. The Balaban J connectivity index is 2.81. The molecule has 94 valence electrons. The normalized spacial score (nSPS) is 11.3. The van der Waals surface area contributed by atoms with Gasteiger partial charge in [0.15, 0.2) is 0 Å². The van der Waals surface area contributed by atoms with Gasteiger partial charge < -0.3 is 16.2 Å². The summed E-state index contributed by atoms with van der Waals surface area (Å²) in [4.78, 5) is 22.3. The van der Waals surface area contributed by atoms with Crippen LogP contribution < -0.4 is 11.1 Å². The molecule has 0 saturated heterocycles. The summed E-state index contributed by atoms with van der Waals surface area (Å²) in [5.74, 6) is 0.908. The van der Waals surface area contributed by atoms with Crippen molar-refractivity contribution in [3.8, 4) is 12.3 Å². The van der Waals surface area contributed by atoms with Gasteiger partial charge in [-0.1, -0.05) is 18.2 Å². The summed E-state index contributed by atoms with van der Waals surface area (Å²) in [6, 6.07) is 5.87. The van der Waals surface area contributed by atoms with Gasteiger partial charge in [-0.3, -0.25) is 9.59 Å². The number of amides is 1. The molecule has 1 rings (SSSR count). The lowest BCUT2D eigenvalue weighted by molar-refractivity contribution is -0.136. The molecule has 0 heterocycles. The first-order valence-corrected chi connectivity index (χ1v) is 5.34. The minimum atomic E-state index is -0.968. The number of anilines is 1. The Labute approximate surface area is 105 Å². The molecule has 0 bridgehead atoms. The van der Waals surface area contributed by atoms with Gasteiger partial charge in [0.25, 0.3) is 0 Å². The highest BCUT2D eigenvalue weighted by Crippen LogP contribution is 2.16. The monoisotopic (exact) mass is 246 g/mol. The second kappa shape index (κ2) is 6.42. The number of carbonyl (C=O) groups excluding carboxylic acids is 1. The van der Waals surface area contributed by atoms with Gasteiger partial charge in [-0.15, -0.1) is 12.3 Å². The largest absolute Gasteiger partial charge is 0.481 e. The van der Waals surface area contributed by atoms with E-state index in [4.69, 9.17) is 17.3 Å². The van der Waals surface area contributed by atoms with Crippen LogP contribution in [0.1, 0.15) is 12.0 Å². The summed E-state index contributed by atoms with van der Waals surface area (Å²) < 4.78 is 0. The Morgan fingerprint density at radius 3 is 2.72 bits per heavy atom. The van der Waals surface area contributed by atoms with Crippen molar-refractivity contribution in [2.75, 3.05) is 5.32 Å². The number of carboxylic acids is 1. The second-order valence-corrected chi connectivity index (χ2v) is 3.73. The van der Waals surface area contributed by atoms with Gasteiger partial charge in [0, 0.05) is 12.1 Å². The first-order chi connectivity index (χ1) is 8.54. The number of carboxylic acid groups (broad SMARTS) is 1. The molecule has 1 unspecified atom stereocenters. The van der Waals surface area contributed by atoms with Gasteiger partial charge in [-0.2, -0.15) is 0 Å². The summed E-state index contributed by atoms with van der Waals surface area (Å²) in [5, 5.41) is 11.3. The maximum Gasteiger partial charge on any atom is 0.307 e. The lowest BCUT2D eigenvalue weighted by Gasteiger charge is -2.12. The molecule has 0 aliphatic rings. The van der Waals surface area contributed by atoms with Crippen molar-refractivity contribution in [2.45, 2.75) is 18.9 Å². The van der Waals surface area contributed by atoms with Crippen LogP contribution in [0.2, 0.25) is 0 Å². The number of aliphatic carboxylic acids is 1. The van der Waals surface area contributed by atoms with Crippen LogP contribution in [-0.2, 0) is 16.0 Å². The van der Waals surface area contributed by atoms with Crippen molar-refractivity contribution >= 4 is 17.6 Å². The van der Waals surface area contributed by atoms with E-state index in [0.29, 0.717) is 11.3 Å². The number of nitrogens with two attached hydrogens (primary N) is 1. The van der Waals surface area contributed by atoms with E-state index in [-0.39, 0.29) is 12.8 Å². The van der Waals surface area contributed by atoms with Crippen LogP contribution in [0.25, 0.3) is 0 Å². The van der Waals surface area contributed by atoms with Crippen LogP contribution in [0.15, 0.2) is 24.3 Å². The van der Waals surface area contributed by atoms with E-state index in [1.165, 1.54) is 0 Å². The van der Waals surface area contributed by atoms with Crippen molar-refractivity contribution in [3.63, 3.8) is 0 Å². The summed E-state index contributed by atoms with van der Waals surface area (Å²) in [6.45, 7) is 0. The highest BCUT2D eigenvalue weighted by Gasteiger charge is 2.14. The number of carbonyl (C=O) groups is 2. The predicted octanol–water partition coefficient (Wildman–Crippen LogP) is 0.603. The lowest BCUT2D eigenvalue weighted by Crippen LogP contribution is -2.35. The van der Waals surface area contributed by atoms with Crippen molar-refractivity contribution in [2.24, 2.45) is 5.73 Å². The number of benzene rings is 1. The van der Waals surface area contributed by atoms with Crippen molar-refractivity contribution in [1.29, 1.82) is 0 Å². The first-order valence-electron chi connectivity index (χ1n) is 5.34. The van der Waals surface area contributed by atoms with Gasteiger partial charge in [0.05, 0.1) is 12.5 Å². The van der Waals surface area contributed by atoms with Gasteiger partial charge in [0.2, 0.25) is 5.91 Å². The molecular weight excluding hydrogens is 232 g/mol. The van der Waals surface area contributed by atoms with Crippen LogP contribution in [0, 0.1) is 12.3 Å². The van der Waals surface area contributed by atoms with E-state index in [2.05, 4.69) is 11.2 Å². The van der Waals surface area contributed by atoms with Crippen molar-refractivity contribution in [1.82, 2.24) is 0 Å². The third-order valence-corrected chi connectivity index (χ3v) is 2.29. The summed E-state index contributed by atoms with van der Waals surface area (Å²) >= 11 is 0. The standard InChI is InChI=1S/C13H14N2O3/c1-2-5-10(14)13(18)15-11-7-4-3-6-9(11)8-12(16)17/h1,3-4,6-7,10H,5,8,14H2,(H,15,18)(H,16,17). The summed E-state index contributed by atoms with van der Waals surface area (Å²) in [7, 11) is 0. The fraction of sp³-hybridized carbons (Fsp3) is 0.231. The van der Waals surface area contributed by atoms with Gasteiger partial charge in [-0.05, 0) is 11.6 Å². The average molecular weight is 246 g/mol. The molecule has 1 aromatic carbocycles. The molecule has 1 amide bonds. The molecule has 5 heteroatoms. The first kappa shape index (κ1) is 13.7. The number of para-hydroxylation sites is 1. The van der Waals surface area contributed by atoms with Gasteiger partial charge >= 0.3 is 5.97 Å². The van der Waals surface area contributed by atoms with E-state index < -0.39 is 17.9 Å². The molecule has 0 aliphatic carbocycles. The zero-order valence-corrected chi connectivity index (χ0v) is 9.72. The van der Waals surface area contributed by atoms with E-state index >= 15 is 0 Å². The topological polar surface area (TPSA) is 92.4 Å². The zero-order valence-electron chi connectivity index (χ0n) is 9.72. The van der Waals surface area contributed by atoms with Crippen molar-refractivity contribution < 1.29 is 14.7 Å². The third kappa shape index (κ3) is 3.92. The number of rotatable bonds is 5. The Morgan fingerprint density at radius 2 is 2.11 bits per heavy atom. The fourth-order valence-electron chi connectivity index (χ4n) is 1.40. The number of hydrogen-bond acceptors (Lipinski definition) is 3. The molecule has 18 heavy (non-hydrogen) atoms. The van der Waals surface area contributed by atoms with Crippen LogP contribution in [0.5, 0.6) is 0 Å². The van der Waals surface area contributed by atoms with E-state index in [1.54, 1.807) is 24.3 Å². The van der Waals surface area contributed by atoms with Crippen LogP contribution in [-0.4, -0.2) is 23.0 Å². The minimum absolute atomic E-state index is 0.132. The van der Waals surface area contributed by atoms with Crippen LogP contribution >= 0.6 is 0 Å². The van der Waals surface area contributed by atoms with Crippen LogP contribution in [0.4, 0.5) is 5.69 Å². The molecule has 4 N–H and O–H groups in total. The molecular formula is C13H14N2O3. The summed E-state index contributed by atoms with van der Waals surface area (Å²) in [6.07, 6.45) is 5.03. The van der Waals surface area contributed by atoms with Crippen molar-refractivity contribution in [3.05, 3.63) is 29.8 Å². The Hall–Kier alpha value is -2.32. The van der Waals surface area contributed by atoms with Crippen LogP contribution in [0.3, 0.4) is 0 Å². The smallest absolute Gasteiger partial charge is 0.307 e. The minimum Gasteiger partial charge on any atom is -0.481 e. The summed E-state index contributed by atoms with van der Waals surface area (Å²) in [5.41, 5.74) is 6.52. The third-order valence-electron chi connectivity index (χ3n) is 2.29. The predicted molar refractivity (Wildman–Crippen MR) is 67.8 cm³/mol. The van der Waals surface area contributed by atoms with E-state index in [9.17, 15) is 9.59 Å². The maximum atomic E-state index is 11.7. The van der Waals surface area contributed by atoms with Gasteiger partial charge in [0.1, 0.15) is 0 Å². The fourth-order valence-corrected chi connectivity index (χ4v) is 1.40. The number of nitrogens with one attached hydrogen (secondary N) is 1. The number of hydrogen-bond donors (Lipinski definition) is 3. The molecule has 0 spiro atoms. The van der Waals surface area contributed by atoms with Gasteiger partial charge in [-0.25, -0.2) is 0 Å². The molecule has 0 saturated carbocycles. The Kier molecular flexibility index (Phi) is 4.90. The molecule has 1 aromatic rings. The molecule has 0 aromatic heterocycles. The lowest BCUT2D eigenvalue weighted by atomic mass is 10.1. The van der Waals surface area contributed by atoms with E-state index in [0.717, 1.165) is 0 Å². The average Bonchev–Trinajstić information content (AvgIpc) is 2.31. The highest BCUT2D eigenvalue weighted by molar-refractivity contribution is 5.96. The zero-order chi connectivity index (χ0) is 13.5. The number of terminal acetylenes is 1. The second-order valence-electron chi connectivity index (χ2n) is 3.73. The Bertz CT molecular complexity index is 491. The van der Waals surface area contributed by atoms with E-state index in [1.807, 2.05) is 0 Å². The molecule has 1 atom stereocenters. The quantitative estimate of drug-likeness (QED) is 0.663. The molecule has 0 fully saturated rings. The molecule has 0 aliphatic heterocycles. The Morgan fingerprint density at radius 1 is 1.44 bits per heavy atom.